The van der Waals surface area contributed by atoms with Gasteiger partial charge in [-0.2, -0.15) is 0 Å². The van der Waals surface area contributed by atoms with Gasteiger partial charge in [0.05, 0.1) is 5.56 Å². The largest absolute Gasteiger partial charge is 0.456 e. The van der Waals surface area contributed by atoms with Gasteiger partial charge in [-0.05, 0) is 57.2 Å². The van der Waals surface area contributed by atoms with Crippen LogP contribution in [0.3, 0.4) is 0 Å². The summed E-state index contributed by atoms with van der Waals surface area (Å²) in [5, 5.41) is 8.46. The zero-order chi connectivity index (χ0) is 16.8. The fourth-order valence-electron chi connectivity index (χ4n) is 2.05. The third kappa shape index (κ3) is 6.72. The number of carbonyl (C=O) groups is 2. The van der Waals surface area contributed by atoms with Gasteiger partial charge in [-0.1, -0.05) is 19.1 Å². The van der Waals surface area contributed by atoms with Gasteiger partial charge in [-0.15, -0.1) is 0 Å². The average Bonchev–Trinajstić information content (AvgIpc) is 2.43. The summed E-state index contributed by atoms with van der Waals surface area (Å²) >= 11 is 0. The van der Waals surface area contributed by atoms with Crippen LogP contribution >= 0.6 is 0 Å². The van der Waals surface area contributed by atoms with E-state index in [4.69, 9.17) is 9.94 Å². The molecule has 0 saturated carbocycles. The number of amides is 1. The summed E-state index contributed by atoms with van der Waals surface area (Å²) in [5.41, 5.74) is 2.76. The first kappa shape index (κ1) is 18.2. The highest BCUT2D eigenvalue weighted by atomic mass is 16.6. The summed E-state index contributed by atoms with van der Waals surface area (Å²) in [6, 6.07) is 7.33. The summed E-state index contributed by atoms with van der Waals surface area (Å²) in [4.78, 5) is 22.9. The standard InChI is InChI=1S/C17H25NO4/c1-12(5-10-15(19)18-21)11-13-6-8-14(9-7-13)16(20)22-17(2,3)4/h6-9,12,21H,5,10-11H2,1-4H3,(H,18,19). The second-order valence-electron chi connectivity index (χ2n) is 6.58. The van der Waals surface area contributed by atoms with Crippen LogP contribution in [-0.4, -0.2) is 22.7 Å². The molecule has 1 atom stereocenters. The van der Waals surface area contributed by atoms with Crippen LogP contribution in [0.1, 0.15) is 56.5 Å². The summed E-state index contributed by atoms with van der Waals surface area (Å²) in [6.45, 7) is 7.56. The van der Waals surface area contributed by atoms with Crippen molar-refractivity contribution in [1.29, 1.82) is 0 Å². The van der Waals surface area contributed by atoms with Gasteiger partial charge in [-0.3, -0.25) is 10.0 Å². The number of carbonyl (C=O) groups excluding carboxylic acids is 2. The normalized spacial score (nSPS) is 12.6. The van der Waals surface area contributed by atoms with Gasteiger partial charge in [0, 0.05) is 6.42 Å². The minimum atomic E-state index is -0.502. The molecule has 1 rings (SSSR count). The van der Waals surface area contributed by atoms with E-state index in [1.165, 1.54) is 0 Å². The van der Waals surface area contributed by atoms with Crippen LogP contribution in [0.4, 0.5) is 0 Å². The maximum Gasteiger partial charge on any atom is 0.338 e. The highest BCUT2D eigenvalue weighted by Crippen LogP contribution is 2.16. The third-order valence-electron chi connectivity index (χ3n) is 3.16. The molecule has 122 valence electrons. The molecule has 0 spiro atoms. The Morgan fingerprint density at radius 1 is 1.23 bits per heavy atom. The van der Waals surface area contributed by atoms with E-state index in [0.717, 1.165) is 12.0 Å². The van der Waals surface area contributed by atoms with Crippen molar-refractivity contribution in [2.45, 2.75) is 52.6 Å². The molecule has 1 aromatic rings. The molecule has 0 aliphatic rings. The van der Waals surface area contributed by atoms with Gasteiger partial charge in [0.15, 0.2) is 0 Å². The van der Waals surface area contributed by atoms with Crippen molar-refractivity contribution in [3.63, 3.8) is 0 Å². The van der Waals surface area contributed by atoms with E-state index in [-0.39, 0.29) is 11.9 Å². The molecule has 0 heterocycles. The molecule has 5 heteroatoms. The Morgan fingerprint density at radius 2 is 1.82 bits per heavy atom. The van der Waals surface area contributed by atoms with Gasteiger partial charge in [0.25, 0.3) is 0 Å². The molecule has 0 aliphatic carbocycles. The molecule has 1 unspecified atom stereocenters. The fourth-order valence-corrected chi connectivity index (χ4v) is 2.05. The maximum atomic E-state index is 11.9. The second-order valence-corrected chi connectivity index (χ2v) is 6.58. The number of esters is 1. The van der Waals surface area contributed by atoms with E-state index in [1.807, 2.05) is 39.8 Å². The Kier molecular flexibility index (Phi) is 6.56. The SMILES string of the molecule is CC(CCC(=O)NO)Cc1ccc(C(=O)OC(C)(C)C)cc1. The molecule has 0 aromatic heterocycles. The molecule has 1 amide bonds. The molecule has 22 heavy (non-hydrogen) atoms. The predicted molar refractivity (Wildman–Crippen MR) is 83.6 cm³/mol. The van der Waals surface area contributed by atoms with Crippen molar-refractivity contribution in [2.75, 3.05) is 0 Å². The molecular weight excluding hydrogens is 282 g/mol. The zero-order valence-corrected chi connectivity index (χ0v) is 13.7. The van der Waals surface area contributed by atoms with E-state index in [2.05, 4.69) is 0 Å². The molecule has 1 aromatic carbocycles. The summed E-state index contributed by atoms with van der Waals surface area (Å²) in [7, 11) is 0. The zero-order valence-electron chi connectivity index (χ0n) is 13.7. The van der Waals surface area contributed by atoms with Crippen molar-refractivity contribution in [3.8, 4) is 0 Å². The molecule has 0 aliphatic heterocycles. The average molecular weight is 307 g/mol. The highest BCUT2D eigenvalue weighted by molar-refractivity contribution is 5.89. The fraction of sp³-hybridized carbons (Fsp3) is 0.529. The molecule has 0 fully saturated rings. The number of nitrogens with one attached hydrogen (secondary N) is 1. The molecule has 5 nitrogen and oxygen atoms in total. The minimum Gasteiger partial charge on any atom is -0.456 e. The molecule has 2 N–H and O–H groups in total. The first-order chi connectivity index (χ1) is 10.2. The summed E-state index contributed by atoms with van der Waals surface area (Å²) in [6.07, 6.45) is 1.81. The van der Waals surface area contributed by atoms with Gasteiger partial charge < -0.3 is 4.74 Å². The molecule has 0 saturated heterocycles. The van der Waals surface area contributed by atoms with E-state index < -0.39 is 5.60 Å². The predicted octanol–water partition coefficient (Wildman–Crippen LogP) is 3.11. The van der Waals surface area contributed by atoms with Crippen LogP contribution in [0, 0.1) is 5.92 Å². The van der Waals surface area contributed by atoms with Crippen molar-refractivity contribution < 1.29 is 19.5 Å². The first-order valence-electron chi connectivity index (χ1n) is 7.46. The Bertz CT molecular complexity index is 502. The Labute approximate surface area is 131 Å². The van der Waals surface area contributed by atoms with Crippen LogP contribution in [0.15, 0.2) is 24.3 Å². The second kappa shape index (κ2) is 7.94. The monoisotopic (exact) mass is 307 g/mol. The van der Waals surface area contributed by atoms with Crippen LogP contribution in [0.25, 0.3) is 0 Å². The van der Waals surface area contributed by atoms with Crippen LogP contribution in [0.2, 0.25) is 0 Å². The van der Waals surface area contributed by atoms with Crippen LogP contribution < -0.4 is 5.48 Å². The number of rotatable bonds is 6. The number of hydrogen-bond donors (Lipinski definition) is 2. The Hall–Kier alpha value is -1.88. The highest BCUT2D eigenvalue weighted by Gasteiger charge is 2.17. The molecule has 0 radical (unpaired) electrons. The van der Waals surface area contributed by atoms with Crippen molar-refractivity contribution in [1.82, 2.24) is 5.48 Å². The van der Waals surface area contributed by atoms with Crippen molar-refractivity contribution >= 4 is 11.9 Å². The quantitative estimate of drug-likeness (QED) is 0.481. The van der Waals surface area contributed by atoms with Gasteiger partial charge in [0.2, 0.25) is 5.91 Å². The number of benzene rings is 1. The van der Waals surface area contributed by atoms with Gasteiger partial charge in [-0.25, -0.2) is 10.3 Å². The lowest BCUT2D eigenvalue weighted by molar-refractivity contribution is -0.129. The number of hydrogen-bond acceptors (Lipinski definition) is 4. The number of ether oxygens (including phenoxy) is 1. The van der Waals surface area contributed by atoms with Crippen molar-refractivity contribution in [2.24, 2.45) is 5.92 Å². The topological polar surface area (TPSA) is 75.6 Å². The summed E-state index contributed by atoms with van der Waals surface area (Å²) in [5.74, 6) is -0.386. The Balaban J connectivity index is 2.54. The number of hydroxylamine groups is 1. The summed E-state index contributed by atoms with van der Waals surface area (Å²) < 4.78 is 5.31. The first-order valence-corrected chi connectivity index (χ1v) is 7.46. The minimum absolute atomic E-state index is 0.299. The van der Waals surface area contributed by atoms with E-state index in [0.29, 0.717) is 24.3 Å². The lowest BCUT2D eigenvalue weighted by Gasteiger charge is -2.19. The van der Waals surface area contributed by atoms with Crippen molar-refractivity contribution in [3.05, 3.63) is 35.4 Å². The molecular formula is C17H25NO4. The van der Waals surface area contributed by atoms with E-state index in [1.54, 1.807) is 17.6 Å². The van der Waals surface area contributed by atoms with Crippen LogP contribution in [-0.2, 0) is 16.0 Å². The maximum absolute atomic E-state index is 11.9. The van der Waals surface area contributed by atoms with Gasteiger partial charge >= 0.3 is 5.97 Å². The van der Waals surface area contributed by atoms with E-state index in [9.17, 15) is 9.59 Å². The smallest absolute Gasteiger partial charge is 0.338 e. The molecule has 0 bridgehead atoms. The Morgan fingerprint density at radius 3 is 2.32 bits per heavy atom. The van der Waals surface area contributed by atoms with E-state index >= 15 is 0 Å². The van der Waals surface area contributed by atoms with Crippen LogP contribution in [0.5, 0.6) is 0 Å². The van der Waals surface area contributed by atoms with Gasteiger partial charge in [0.1, 0.15) is 5.60 Å². The lowest BCUT2D eigenvalue weighted by atomic mass is 9.96. The lowest BCUT2D eigenvalue weighted by Crippen LogP contribution is -2.23. The third-order valence-corrected chi connectivity index (χ3v) is 3.16.